The number of amides is 1. The molecule has 2 aliphatic carbocycles. The third-order valence-corrected chi connectivity index (χ3v) is 6.59. The van der Waals surface area contributed by atoms with E-state index in [1.165, 1.54) is 6.92 Å². The second-order valence-electron chi connectivity index (χ2n) is 7.79. The minimum Gasteiger partial charge on any atom is -0.504 e. The van der Waals surface area contributed by atoms with Crippen LogP contribution in [-0.2, 0) is 16.6 Å². The second-order valence-corrected chi connectivity index (χ2v) is 7.79. The van der Waals surface area contributed by atoms with Gasteiger partial charge in [-0.1, -0.05) is 12.2 Å². The van der Waals surface area contributed by atoms with Crippen molar-refractivity contribution in [2.24, 2.45) is 5.92 Å². The molecule has 5 atom stereocenters. The standard InChI is InChI=1S/C19H22N2O4/c1-9(22)20-12-8-15(24)17-16-10(12)7-13-11-3-4-14(23)18(25-17)19(11,16)5-6-21(13)2/h3-4,8,11,13-14,18,23-24H,5-7H2,1-2H3,(H,20,22)/t11-,13+,14-,18-,19-/m0/s1. The zero-order chi connectivity index (χ0) is 17.5. The largest absolute Gasteiger partial charge is 0.504 e. The van der Waals surface area contributed by atoms with Gasteiger partial charge in [-0.05, 0) is 32.0 Å². The van der Waals surface area contributed by atoms with Gasteiger partial charge in [-0.25, -0.2) is 0 Å². The second kappa shape index (κ2) is 4.77. The van der Waals surface area contributed by atoms with Crippen LogP contribution in [0.3, 0.4) is 0 Å². The van der Waals surface area contributed by atoms with Gasteiger partial charge in [-0.3, -0.25) is 4.79 Å². The summed E-state index contributed by atoms with van der Waals surface area (Å²) in [5, 5.41) is 24.0. The van der Waals surface area contributed by atoms with Gasteiger partial charge in [-0.15, -0.1) is 0 Å². The van der Waals surface area contributed by atoms with Crippen molar-refractivity contribution in [3.63, 3.8) is 0 Å². The Bertz CT molecular complexity index is 820. The van der Waals surface area contributed by atoms with E-state index in [-0.39, 0.29) is 29.1 Å². The molecule has 132 valence electrons. The average Bonchev–Trinajstić information content (AvgIpc) is 2.90. The minimum atomic E-state index is -0.692. The molecule has 1 amide bonds. The van der Waals surface area contributed by atoms with Gasteiger partial charge in [0.1, 0.15) is 12.2 Å². The first kappa shape index (κ1) is 15.2. The highest BCUT2D eigenvalue weighted by atomic mass is 16.5. The lowest BCUT2D eigenvalue weighted by molar-refractivity contribution is -0.114. The van der Waals surface area contributed by atoms with Crippen LogP contribution in [-0.4, -0.2) is 52.9 Å². The van der Waals surface area contributed by atoms with Crippen molar-refractivity contribution >= 4 is 11.6 Å². The summed E-state index contributed by atoms with van der Waals surface area (Å²) in [5.74, 6) is 0.604. The number of hydrogen-bond acceptors (Lipinski definition) is 5. The van der Waals surface area contributed by atoms with Crippen LogP contribution in [0, 0.1) is 5.92 Å². The maximum atomic E-state index is 11.7. The van der Waals surface area contributed by atoms with Gasteiger partial charge in [0.05, 0.1) is 0 Å². The lowest BCUT2D eigenvalue weighted by atomic mass is 9.53. The van der Waals surface area contributed by atoms with E-state index in [2.05, 4.69) is 23.3 Å². The monoisotopic (exact) mass is 342 g/mol. The number of anilines is 1. The summed E-state index contributed by atoms with van der Waals surface area (Å²) in [6.07, 6.45) is 4.54. The number of piperidine rings is 1. The van der Waals surface area contributed by atoms with Crippen LogP contribution < -0.4 is 10.1 Å². The Morgan fingerprint density at radius 2 is 2.24 bits per heavy atom. The molecule has 6 heteroatoms. The molecule has 0 unspecified atom stereocenters. The Kier molecular flexibility index (Phi) is 2.90. The van der Waals surface area contributed by atoms with E-state index in [9.17, 15) is 15.0 Å². The molecule has 3 N–H and O–H groups in total. The van der Waals surface area contributed by atoms with Crippen LogP contribution in [0.4, 0.5) is 5.69 Å². The fourth-order valence-corrected chi connectivity index (χ4v) is 5.62. The Morgan fingerprint density at radius 3 is 3.00 bits per heavy atom. The predicted molar refractivity (Wildman–Crippen MR) is 91.9 cm³/mol. The zero-order valence-corrected chi connectivity index (χ0v) is 14.3. The van der Waals surface area contributed by atoms with E-state index in [0.717, 1.165) is 30.5 Å². The number of aromatic hydroxyl groups is 1. The van der Waals surface area contributed by atoms with Crippen LogP contribution in [0.5, 0.6) is 11.5 Å². The van der Waals surface area contributed by atoms with E-state index >= 15 is 0 Å². The number of nitrogens with zero attached hydrogens (tertiary/aromatic N) is 1. The van der Waals surface area contributed by atoms with Gasteiger partial charge in [-0.2, -0.15) is 0 Å². The van der Waals surface area contributed by atoms with Crippen molar-refractivity contribution in [3.05, 3.63) is 29.3 Å². The molecular weight excluding hydrogens is 320 g/mol. The Labute approximate surface area is 146 Å². The zero-order valence-electron chi connectivity index (χ0n) is 14.3. The molecule has 1 aromatic rings. The molecule has 1 fully saturated rings. The molecule has 0 saturated carbocycles. The first-order chi connectivity index (χ1) is 11.9. The molecule has 0 aromatic heterocycles. The lowest BCUT2D eigenvalue weighted by Crippen LogP contribution is -2.64. The first-order valence-electron chi connectivity index (χ1n) is 8.83. The number of phenols is 1. The number of phenolic OH excluding ortho intramolecular Hbond substituents is 1. The van der Waals surface area contributed by atoms with Crippen molar-refractivity contribution in [1.82, 2.24) is 4.90 Å². The minimum absolute atomic E-state index is 0.0367. The van der Waals surface area contributed by atoms with Gasteiger partial charge in [0, 0.05) is 41.6 Å². The summed E-state index contributed by atoms with van der Waals surface area (Å²) in [5.41, 5.74) is 2.37. The summed E-state index contributed by atoms with van der Waals surface area (Å²) in [6.45, 7) is 2.39. The molecule has 6 nitrogen and oxygen atoms in total. The number of hydrogen-bond donors (Lipinski definition) is 3. The van der Waals surface area contributed by atoms with Gasteiger partial charge in [0.25, 0.3) is 0 Å². The topological polar surface area (TPSA) is 82.0 Å². The van der Waals surface area contributed by atoms with Crippen LogP contribution in [0.1, 0.15) is 24.5 Å². The number of carbonyl (C=O) groups is 1. The van der Waals surface area contributed by atoms with E-state index < -0.39 is 6.10 Å². The molecular formula is C19H22N2O4. The summed E-state index contributed by atoms with van der Waals surface area (Å²) in [7, 11) is 2.13. The number of ether oxygens (including phenoxy) is 1. The van der Waals surface area contributed by atoms with E-state index in [1.54, 1.807) is 6.07 Å². The third-order valence-electron chi connectivity index (χ3n) is 6.59. The van der Waals surface area contributed by atoms with Crippen LogP contribution in [0.2, 0.25) is 0 Å². The molecule has 2 bridgehead atoms. The molecule has 1 saturated heterocycles. The smallest absolute Gasteiger partial charge is 0.221 e. The number of carbonyl (C=O) groups excluding carboxylic acids is 1. The molecule has 2 aliphatic heterocycles. The summed E-state index contributed by atoms with van der Waals surface area (Å²) < 4.78 is 6.13. The Hall–Kier alpha value is -2.05. The highest BCUT2D eigenvalue weighted by molar-refractivity contribution is 5.91. The lowest BCUT2D eigenvalue weighted by Gasteiger charge is -2.56. The highest BCUT2D eigenvalue weighted by Gasteiger charge is 2.64. The summed E-state index contributed by atoms with van der Waals surface area (Å²) in [4.78, 5) is 14.0. The number of likely N-dealkylation sites (N-methyl/N-ethyl adjacent to an activating group) is 1. The maximum absolute atomic E-state index is 11.7. The van der Waals surface area contributed by atoms with Gasteiger partial charge < -0.3 is 25.2 Å². The van der Waals surface area contributed by atoms with E-state index in [4.69, 9.17) is 4.74 Å². The first-order valence-corrected chi connectivity index (χ1v) is 8.83. The normalized spacial score (nSPS) is 37.4. The summed E-state index contributed by atoms with van der Waals surface area (Å²) >= 11 is 0. The average molecular weight is 342 g/mol. The molecule has 0 radical (unpaired) electrons. The number of aliphatic hydroxyl groups excluding tert-OH is 1. The Morgan fingerprint density at radius 1 is 1.44 bits per heavy atom. The van der Waals surface area contributed by atoms with E-state index in [1.807, 2.05) is 6.08 Å². The molecule has 25 heavy (non-hydrogen) atoms. The van der Waals surface area contributed by atoms with E-state index in [0.29, 0.717) is 17.5 Å². The highest BCUT2D eigenvalue weighted by Crippen LogP contribution is 2.63. The molecule has 2 heterocycles. The van der Waals surface area contributed by atoms with Crippen LogP contribution >= 0.6 is 0 Å². The number of rotatable bonds is 1. The summed E-state index contributed by atoms with van der Waals surface area (Å²) in [6, 6.07) is 1.87. The molecule has 4 aliphatic rings. The number of nitrogens with one attached hydrogen (secondary N) is 1. The van der Waals surface area contributed by atoms with Crippen molar-refractivity contribution in [2.45, 2.75) is 43.4 Å². The number of likely N-dealkylation sites (tertiary alicyclic amines) is 1. The Balaban J connectivity index is 1.81. The predicted octanol–water partition coefficient (Wildman–Crippen LogP) is 1.16. The number of aliphatic hydroxyl groups is 1. The molecule has 1 spiro atoms. The van der Waals surface area contributed by atoms with Crippen LogP contribution in [0.25, 0.3) is 0 Å². The quantitative estimate of drug-likeness (QED) is 0.667. The van der Waals surface area contributed by atoms with Crippen molar-refractivity contribution in [2.75, 3.05) is 18.9 Å². The van der Waals surface area contributed by atoms with Gasteiger partial charge in [0.2, 0.25) is 5.91 Å². The van der Waals surface area contributed by atoms with Crippen LogP contribution in [0.15, 0.2) is 18.2 Å². The molecule has 5 rings (SSSR count). The fourth-order valence-electron chi connectivity index (χ4n) is 5.62. The third kappa shape index (κ3) is 1.74. The van der Waals surface area contributed by atoms with Gasteiger partial charge >= 0.3 is 0 Å². The molecule has 1 aromatic carbocycles. The van der Waals surface area contributed by atoms with Crippen molar-refractivity contribution < 1.29 is 19.7 Å². The SMILES string of the molecule is CC(=O)Nc1cc(O)c2c3c1C[C@@H]1[C@@H]4C=C[C@H](O)[C@H](O2)[C@]34CCN1C. The maximum Gasteiger partial charge on any atom is 0.221 e. The van der Waals surface area contributed by atoms with Crippen molar-refractivity contribution in [1.29, 1.82) is 0 Å². The van der Waals surface area contributed by atoms with Gasteiger partial charge in [0.15, 0.2) is 11.5 Å². The van der Waals surface area contributed by atoms with Crippen molar-refractivity contribution in [3.8, 4) is 11.5 Å². The fraction of sp³-hybridized carbons (Fsp3) is 0.526. The number of benzene rings is 1.